The third-order valence-corrected chi connectivity index (χ3v) is 4.45. The quantitative estimate of drug-likeness (QED) is 0.851. The molecular formula is C16H22N4OS. The predicted octanol–water partition coefficient (Wildman–Crippen LogP) is 2.58. The number of H-pyrrole nitrogens is 1. The molecule has 6 heteroatoms. The zero-order valence-corrected chi connectivity index (χ0v) is 13.6. The van der Waals surface area contributed by atoms with Crippen LogP contribution in [0.15, 0.2) is 24.3 Å². The average Bonchev–Trinajstić information content (AvgIpc) is 2.88. The van der Waals surface area contributed by atoms with Crippen LogP contribution in [0.4, 0.5) is 0 Å². The van der Waals surface area contributed by atoms with Gasteiger partial charge in [0.25, 0.3) is 0 Å². The Morgan fingerprint density at radius 1 is 1.36 bits per heavy atom. The van der Waals surface area contributed by atoms with Gasteiger partial charge in [-0.25, -0.2) is 4.68 Å². The molecule has 1 saturated heterocycles. The summed E-state index contributed by atoms with van der Waals surface area (Å²) in [5.74, 6) is 0.796. The van der Waals surface area contributed by atoms with Gasteiger partial charge in [0.1, 0.15) is 0 Å². The van der Waals surface area contributed by atoms with Crippen LogP contribution in [-0.4, -0.2) is 44.0 Å². The van der Waals surface area contributed by atoms with E-state index >= 15 is 0 Å². The van der Waals surface area contributed by atoms with E-state index in [9.17, 15) is 5.11 Å². The Kier molecular flexibility index (Phi) is 4.71. The first kappa shape index (κ1) is 15.4. The Bertz CT molecular complexity index is 676. The van der Waals surface area contributed by atoms with Crippen LogP contribution in [0.5, 0.6) is 0 Å². The number of rotatable bonds is 4. The van der Waals surface area contributed by atoms with Crippen LogP contribution in [0, 0.1) is 4.77 Å². The standard InChI is InChI=1S/C16H22N4OS/c1-2-12-5-7-13(8-6-12)15-17-16(22)20(18-15)11-19-9-3-4-14(21)10-19/h5-8,14,21H,2-4,9-11H2,1H3,(H,17,18,22)/t14-/m0/s1. The van der Waals surface area contributed by atoms with Gasteiger partial charge in [0.05, 0.1) is 12.8 Å². The van der Waals surface area contributed by atoms with Gasteiger partial charge >= 0.3 is 0 Å². The molecule has 1 aliphatic rings. The Labute approximate surface area is 135 Å². The van der Waals surface area contributed by atoms with Gasteiger partial charge < -0.3 is 5.11 Å². The van der Waals surface area contributed by atoms with Gasteiger partial charge in [-0.2, -0.15) is 4.98 Å². The van der Waals surface area contributed by atoms with Gasteiger partial charge in [0.2, 0.25) is 4.77 Å². The normalized spacial score (nSPS) is 19.5. The van der Waals surface area contributed by atoms with Crippen LogP contribution in [0.1, 0.15) is 25.3 Å². The summed E-state index contributed by atoms with van der Waals surface area (Å²) < 4.78 is 2.42. The fourth-order valence-electron chi connectivity index (χ4n) is 2.84. The van der Waals surface area contributed by atoms with Crippen molar-refractivity contribution in [2.45, 2.75) is 39.0 Å². The van der Waals surface area contributed by atoms with E-state index in [-0.39, 0.29) is 6.10 Å². The van der Waals surface area contributed by atoms with Crippen LogP contribution < -0.4 is 0 Å². The number of aromatic nitrogens is 3. The van der Waals surface area contributed by atoms with Gasteiger partial charge in [-0.05, 0) is 37.0 Å². The molecule has 0 aliphatic carbocycles. The summed E-state index contributed by atoms with van der Waals surface area (Å²) in [6.45, 7) is 4.47. The zero-order valence-electron chi connectivity index (χ0n) is 12.8. The molecule has 1 aromatic carbocycles. The van der Waals surface area contributed by atoms with Gasteiger partial charge in [-0.1, -0.05) is 31.2 Å². The number of β-amino-alcohol motifs (C(OH)–C–C–N with tert-alkyl or cyclic N) is 1. The van der Waals surface area contributed by atoms with E-state index in [4.69, 9.17) is 12.2 Å². The summed E-state index contributed by atoms with van der Waals surface area (Å²) in [6.07, 6.45) is 2.71. The van der Waals surface area contributed by atoms with E-state index in [1.54, 1.807) is 0 Å². The van der Waals surface area contributed by atoms with Crippen LogP contribution in [0.3, 0.4) is 0 Å². The second kappa shape index (κ2) is 6.73. The third kappa shape index (κ3) is 3.45. The van der Waals surface area contributed by atoms with Crippen molar-refractivity contribution < 1.29 is 5.11 Å². The van der Waals surface area contributed by atoms with Crippen molar-refractivity contribution in [3.8, 4) is 11.4 Å². The molecule has 0 bridgehead atoms. The molecule has 3 rings (SSSR count). The minimum absolute atomic E-state index is 0.230. The highest BCUT2D eigenvalue weighted by atomic mass is 32.1. The number of aliphatic hydroxyl groups excluding tert-OH is 1. The van der Waals surface area contributed by atoms with Gasteiger partial charge in [0, 0.05) is 18.7 Å². The SMILES string of the molecule is CCc1ccc(-c2nc(=S)n(CN3CCC[C@H](O)C3)[nH]2)cc1. The fourth-order valence-corrected chi connectivity index (χ4v) is 3.03. The molecule has 22 heavy (non-hydrogen) atoms. The maximum absolute atomic E-state index is 9.76. The number of nitrogens with one attached hydrogen (secondary N) is 1. The molecule has 0 unspecified atom stereocenters. The molecule has 1 aromatic heterocycles. The summed E-state index contributed by atoms with van der Waals surface area (Å²) in [4.78, 5) is 6.65. The summed E-state index contributed by atoms with van der Waals surface area (Å²) in [5, 5.41) is 13.0. The topological polar surface area (TPSA) is 57.1 Å². The van der Waals surface area contributed by atoms with E-state index < -0.39 is 0 Å². The first-order chi connectivity index (χ1) is 10.7. The molecule has 1 fully saturated rings. The number of aryl methyl sites for hydroxylation is 1. The zero-order chi connectivity index (χ0) is 15.5. The van der Waals surface area contributed by atoms with E-state index in [0.29, 0.717) is 18.0 Å². The third-order valence-electron chi connectivity index (χ3n) is 4.14. The maximum atomic E-state index is 9.76. The van der Waals surface area contributed by atoms with Crippen LogP contribution in [-0.2, 0) is 13.1 Å². The van der Waals surface area contributed by atoms with Crippen molar-refractivity contribution in [1.29, 1.82) is 0 Å². The highest BCUT2D eigenvalue weighted by Gasteiger charge is 2.18. The molecule has 118 valence electrons. The molecule has 2 aromatic rings. The Morgan fingerprint density at radius 2 is 2.14 bits per heavy atom. The molecular weight excluding hydrogens is 296 g/mol. The highest BCUT2D eigenvalue weighted by molar-refractivity contribution is 7.71. The van der Waals surface area contributed by atoms with E-state index in [2.05, 4.69) is 46.2 Å². The summed E-state index contributed by atoms with van der Waals surface area (Å²) in [7, 11) is 0. The fraction of sp³-hybridized carbons (Fsp3) is 0.500. The van der Waals surface area contributed by atoms with Crippen LogP contribution in [0.2, 0.25) is 0 Å². The molecule has 2 heterocycles. The van der Waals surface area contributed by atoms with Crippen molar-refractivity contribution in [3.63, 3.8) is 0 Å². The number of piperidine rings is 1. The molecule has 0 saturated carbocycles. The summed E-state index contributed by atoms with van der Waals surface area (Å²) in [6, 6.07) is 8.38. The first-order valence-electron chi connectivity index (χ1n) is 7.82. The Balaban J connectivity index is 1.76. The second-order valence-electron chi connectivity index (χ2n) is 5.85. The minimum Gasteiger partial charge on any atom is -0.392 e. The molecule has 5 nitrogen and oxygen atoms in total. The lowest BCUT2D eigenvalue weighted by atomic mass is 10.1. The second-order valence-corrected chi connectivity index (χ2v) is 6.21. The van der Waals surface area contributed by atoms with Gasteiger partial charge in [-0.15, -0.1) is 0 Å². The Hall–Kier alpha value is -1.50. The highest BCUT2D eigenvalue weighted by Crippen LogP contribution is 2.17. The smallest absolute Gasteiger partial charge is 0.217 e. The van der Waals surface area contributed by atoms with Crippen LogP contribution >= 0.6 is 12.2 Å². The lowest BCUT2D eigenvalue weighted by molar-refractivity contribution is 0.0514. The van der Waals surface area contributed by atoms with Crippen LogP contribution in [0.25, 0.3) is 11.4 Å². The first-order valence-corrected chi connectivity index (χ1v) is 8.23. The number of nitrogens with zero attached hydrogens (tertiary/aromatic N) is 3. The van der Waals surface area contributed by atoms with E-state index in [1.165, 1.54) is 5.56 Å². The Morgan fingerprint density at radius 3 is 2.82 bits per heavy atom. The van der Waals surface area contributed by atoms with E-state index in [1.807, 2.05) is 4.68 Å². The van der Waals surface area contributed by atoms with Gasteiger partial charge in [0.15, 0.2) is 5.82 Å². The van der Waals surface area contributed by atoms with Crippen molar-refractivity contribution in [1.82, 2.24) is 19.7 Å². The number of likely N-dealkylation sites (tertiary alicyclic amines) is 1. The van der Waals surface area contributed by atoms with Crippen molar-refractivity contribution in [3.05, 3.63) is 34.6 Å². The monoisotopic (exact) mass is 318 g/mol. The predicted molar refractivity (Wildman–Crippen MR) is 89.0 cm³/mol. The number of aromatic amines is 1. The lowest BCUT2D eigenvalue weighted by Crippen LogP contribution is -2.39. The average molecular weight is 318 g/mol. The molecule has 0 radical (unpaired) electrons. The maximum Gasteiger partial charge on any atom is 0.217 e. The van der Waals surface area contributed by atoms with Crippen molar-refractivity contribution in [2.24, 2.45) is 0 Å². The van der Waals surface area contributed by atoms with Crippen molar-refractivity contribution >= 4 is 12.2 Å². The van der Waals surface area contributed by atoms with Crippen molar-refractivity contribution in [2.75, 3.05) is 13.1 Å². The number of benzene rings is 1. The molecule has 0 amide bonds. The molecule has 1 aliphatic heterocycles. The number of aliphatic hydroxyl groups is 1. The molecule has 0 spiro atoms. The largest absolute Gasteiger partial charge is 0.392 e. The van der Waals surface area contributed by atoms with Gasteiger partial charge in [-0.3, -0.25) is 10.00 Å². The molecule has 1 atom stereocenters. The minimum atomic E-state index is -0.230. The molecule has 2 N–H and O–H groups in total. The summed E-state index contributed by atoms with van der Waals surface area (Å²) in [5.41, 5.74) is 2.35. The number of hydrogen-bond donors (Lipinski definition) is 2. The lowest BCUT2D eigenvalue weighted by Gasteiger charge is -2.29. The van der Waals surface area contributed by atoms with E-state index in [0.717, 1.165) is 37.2 Å². The summed E-state index contributed by atoms with van der Waals surface area (Å²) >= 11 is 5.35. The number of hydrogen-bond acceptors (Lipinski definition) is 4.